The first-order valence-corrected chi connectivity index (χ1v) is 4.11. The molecule has 1 atom stereocenters. The molecule has 2 aliphatic heterocycles. The zero-order chi connectivity index (χ0) is 7.03. The van der Waals surface area contributed by atoms with E-state index < -0.39 is 0 Å². The van der Waals surface area contributed by atoms with Gasteiger partial charge in [0.05, 0.1) is 6.61 Å². The van der Waals surface area contributed by atoms with Crippen molar-refractivity contribution in [1.82, 2.24) is 4.90 Å². The molecule has 0 aromatic carbocycles. The van der Waals surface area contributed by atoms with Gasteiger partial charge in [0.2, 0.25) is 0 Å². The Morgan fingerprint density at radius 2 is 2.30 bits per heavy atom. The van der Waals surface area contributed by atoms with Crippen LogP contribution in [0.15, 0.2) is 0 Å². The van der Waals surface area contributed by atoms with E-state index in [9.17, 15) is 0 Å². The first kappa shape index (κ1) is 6.62. The van der Waals surface area contributed by atoms with Crippen molar-refractivity contribution in [3.8, 4) is 0 Å². The van der Waals surface area contributed by atoms with E-state index in [-0.39, 0.29) is 0 Å². The van der Waals surface area contributed by atoms with Gasteiger partial charge in [0, 0.05) is 19.2 Å². The van der Waals surface area contributed by atoms with Crippen LogP contribution in [0.3, 0.4) is 0 Å². The Bertz CT molecular complexity index is 137. The van der Waals surface area contributed by atoms with Gasteiger partial charge in [0.1, 0.15) is 0 Å². The number of nitrogens with zero attached hydrogens (tertiary/aromatic N) is 1. The topological polar surface area (TPSA) is 12.5 Å². The quantitative estimate of drug-likeness (QED) is 0.566. The van der Waals surface area contributed by atoms with Crippen molar-refractivity contribution in [2.75, 3.05) is 26.8 Å². The first-order valence-electron chi connectivity index (χ1n) is 4.11. The molecule has 58 valence electrons. The van der Waals surface area contributed by atoms with E-state index in [2.05, 4.69) is 4.90 Å². The minimum atomic E-state index is 0.495. The molecule has 0 bridgehead atoms. The van der Waals surface area contributed by atoms with Crippen LogP contribution in [0.2, 0.25) is 0 Å². The molecule has 0 saturated carbocycles. The molecule has 2 saturated heterocycles. The smallest absolute Gasteiger partial charge is 0.0647 e. The highest BCUT2D eigenvalue weighted by atomic mass is 16.5. The largest absolute Gasteiger partial charge is 0.383 e. The van der Waals surface area contributed by atoms with Crippen LogP contribution in [-0.4, -0.2) is 37.2 Å². The van der Waals surface area contributed by atoms with Crippen LogP contribution in [0.1, 0.15) is 19.3 Å². The highest BCUT2D eigenvalue weighted by Crippen LogP contribution is 2.40. The summed E-state index contributed by atoms with van der Waals surface area (Å²) >= 11 is 0. The molecule has 0 aliphatic carbocycles. The number of fused-ring (bicyclic) bond motifs is 1. The number of rotatable bonds is 2. The lowest BCUT2D eigenvalue weighted by Crippen LogP contribution is -2.58. The van der Waals surface area contributed by atoms with Crippen molar-refractivity contribution < 1.29 is 4.74 Å². The Balaban J connectivity index is 2.00. The number of methoxy groups -OCH3 is 1. The lowest BCUT2D eigenvalue weighted by Gasteiger charge is -2.47. The molecule has 1 unspecified atom stereocenters. The Kier molecular flexibility index (Phi) is 1.46. The van der Waals surface area contributed by atoms with Gasteiger partial charge in [0.15, 0.2) is 0 Å². The van der Waals surface area contributed by atoms with E-state index >= 15 is 0 Å². The average molecular weight is 141 g/mol. The summed E-state index contributed by atoms with van der Waals surface area (Å²) in [5.74, 6) is 0. The lowest BCUT2D eigenvalue weighted by molar-refractivity contribution is -0.0339. The van der Waals surface area contributed by atoms with Crippen LogP contribution in [-0.2, 0) is 4.74 Å². The lowest BCUT2D eigenvalue weighted by atomic mass is 9.86. The maximum atomic E-state index is 5.21. The van der Waals surface area contributed by atoms with E-state index in [1.165, 1.54) is 32.4 Å². The van der Waals surface area contributed by atoms with Crippen LogP contribution in [0, 0.1) is 0 Å². The van der Waals surface area contributed by atoms with Crippen molar-refractivity contribution in [1.29, 1.82) is 0 Å². The van der Waals surface area contributed by atoms with Gasteiger partial charge < -0.3 is 4.74 Å². The molecule has 2 heteroatoms. The predicted octanol–water partition coefficient (Wildman–Crippen LogP) is 0.871. The molecule has 0 spiro atoms. The molecular formula is C8H15NO. The average Bonchev–Trinajstić information content (AvgIpc) is 2.15. The highest BCUT2D eigenvalue weighted by molar-refractivity contribution is 5.03. The molecule has 0 amide bonds. The Labute approximate surface area is 62.2 Å². The molecule has 2 aliphatic rings. The maximum absolute atomic E-state index is 5.21. The SMILES string of the molecule is COCC12CCCN1CC2. The van der Waals surface area contributed by atoms with Crippen molar-refractivity contribution in [3.63, 3.8) is 0 Å². The van der Waals surface area contributed by atoms with Gasteiger partial charge in [0.25, 0.3) is 0 Å². The fraction of sp³-hybridized carbons (Fsp3) is 1.00. The Morgan fingerprint density at radius 3 is 2.80 bits per heavy atom. The van der Waals surface area contributed by atoms with Gasteiger partial charge in [-0.1, -0.05) is 0 Å². The minimum absolute atomic E-state index is 0.495. The standard InChI is InChI=1S/C8H15NO/c1-10-7-8-3-2-5-9(8)6-4-8/h2-7H2,1H3. The van der Waals surface area contributed by atoms with Gasteiger partial charge in [-0.25, -0.2) is 0 Å². The van der Waals surface area contributed by atoms with Gasteiger partial charge in [-0.3, -0.25) is 4.90 Å². The second-order valence-electron chi connectivity index (χ2n) is 3.50. The number of ether oxygens (including phenoxy) is 1. The summed E-state index contributed by atoms with van der Waals surface area (Å²) in [6, 6.07) is 0. The molecule has 10 heavy (non-hydrogen) atoms. The van der Waals surface area contributed by atoms with Crippen molar-refractivity contribution >= 4 is 0 Å². The molecule has 0 aromatic heterocycles. The summed E-state index contributed by atoms with van der Waals surface area (Å²) in [4.78, 5) is 2.57. The second kappa shape index (κ2) is 2.21. The third-order valence-electron chi connectivity index (χ3n) is 3.00. The molecule has 2 heterocycles. The van der Waals surface area contributed by atoms with E-state index in [0.29, 0.717) is 5.54 Å². The zero-order valence-electron chi connectivity index (χ0n) is 6.60. The molecule has 2 nitrogen and oxygen atoms in total. The summed E-state index contributed by atoms with van der Waals surface area (Å²) in [6.45, 7) is 3.57. The second-order valence-corrected chi connectivity index (χ2v) is 3.50. The van der Waals surface area contributed by atoms with E-state index in [0.717, 1.165) is 6.61 Å². The fourth-order valence-corrected chi connectivity index (χ4v) is 2.32. The van der Waals surface area contributed by atoms with Crippen LogP contribution >= 0.6 is 0 Å². The van der Waals surface area contributed by atoms with Crippen molar-refractivity contribution in [3.05, 3.63) is 0 Å². The highest BCUT2D eigenvalue weighted by Gasteiger charge is 2.47. The van der Waals surface area contributed by atoms with E-state index in [1.54, 1.807) is 0 Å². The van der Waals surface area contributed by atoms with E-state index in [1.807, 2.05) is 7.11 Å². The third kappa shape index (κ3) is 0.722. The minimum Gasteiger partial charge on any atom is -0.383 e. The summed E-state index contributed by atoms with van der Waals surface area (Å²) in [7, 11) is 1.81. The number of hydrogen-bond acceptors (Lipinski definition) is 2. The van der Waals surface area contributed by atoms with Gasteiger partial charge in [-0.15, -0.1) is 0 Å². The third-order valence-corrected chi connectivity index (χ3v) is 3.00. The van der Waals surface area contributed by atoms with Crippen molar-refractivity contribution in [2.45, 2.75) is 24.8 Å². The monoisotopic (exact) mass is 141 g/mol. The van der Waals surface area contributed by atoms with Gasteiger partial charge in [-0.05, 0) is 25.8 Å². The van der Waals surface area contributed by atoms with Gasteiger partial charge in [-0.2, -0.15) is 0 Å². The summed E-state index contributed by atoms with van der Waals surface area (Å²) in [5, 5.41) is 0. The zero-order valence-corrected chi connectivity index (χ0v) is 6.60. The van der Waals surface area contributed by atoms with E-state index in [4.69, 9.17) is 4.74 Å². The summed E-state index contributed by atoms with van der Waals surface area (Å²) < 4.78 is 5.21. The van der Waals surface area contributed by atoms with Crippen molar-refractivity contribution in [2.24, 2.45) is 0 Å². The van der Waals surface area contributed by atoms with Crippen LogP contribution in [0.25, 0.3) is 0 Å². The summed E-state index contributed by atoms with van der Waals surface area (Å²) in [6.07, 6.45) is 4.10. The predicted molar refractivity (Wildman–Crippen MR) is 40.0 cm³/mol. The normalized spacial score (nSPS) is 39.3. The maximum Gasteiger partial charge on any atom is 0.0647 e. The first-order chi connectivity index (χ1) is 4.87. The molecule has 2 fully saturated rings. The van der Waals surface area contributed by atoms with Crippen LogP contribution < -0.4 is 0 Å². The Hall–Kier alpha value is -0.0800. The summed E-state index contributed by atoms with van der Waals surface area (Å²) in [5.41, 5.74) is 0.495. The molecule has 0 aromatic rings. The fourth-order valence-electron chi connectivity index (χ4n) is 2.32. The molecule has 0 radical (unpaired) electrons. The number of hydrogen-bond donors (Lipinski definition) is 0. The van der Waals surface area contributed by atoms with Gasteiger partial charge >= 0.3 is 0 Å². The van der Waals surface area contributed by atoms with Crippen LogP contribution in [0.5, 0.6) is 0 Å². The molecular weight excluding hydrogens is 126 g/mol. The molecule has 2 rings (SSSR count). The Morgan fingerprint density at radius 1 is 1.40 bits per heavy atom. The molecule has 0 N–H and O–H groups in total. The van der Waals surface area contributed by atoms with Crippen LogP contribution in [0.4, 0.5) is 0 Å².